The summed E-state index contributed by atoms with van der Waals surface area (Å²) in [5.41, 5.74) is 3.02. The maximum Gasteiger partial charge on any atom is 0.233 e. The lowest BCUT2D eigenvalue weighted by molar-refractivity contribution is -0.129. The molecule has 1 saturated heterocycles. The second kappa shape index (κ2) is 7.63. The van der Waals surface area contributed by atoms with E-state index in [1.165, 1.54) is 24.3 Å². The number of hydrogen-bond donors (Lipinski definition) is 1. The molecule has 1 N–H and O–H groups in total. The number of rotatable bonds is 6. The SMILES string of the molecule is O=C1[C@H](CCC2(c3ccc(F)cc3)CC2)C(C2=CC=C(O)CC2)N1c1ccc(F)cc1. The van der Waals surface area contributed by atoms with Gasteiger partial charge in [0.2, 0.25) is 5.91 Å². The number of amides is 1. The number of aliphatic hydroxyl groups excluding tert-OH is 1. The summed E-state index contributed by atoms with van der Waals surface area (Å²) in [5.74, 6) is -0.282. The fraction of sp³-hybridized carbons (Fsp3) is 0.346. The first-order valence-electron chi connectivity index (χ1n) is 10.9. The number of β-lactam (4-membered cyclic amide) rings is 1. The zero-order chi connectivity index (χ0) is 21.6. The molecule has 1 aliphatic heterocycles. The molecule has 3 aliphatic rings. The van der Waals surface area contributed by atoms with Gasteiger partial charge in [-0.3, -0.25) is 4.79 Å². The molecule has 0 spiro atoms. The summed E-state index contributed by atoms with van der Waals surface area (Å²) in [6, 6.07) is 12.7. The Labute approximate surface area is 180 Å². The monoisotopic (exact) mass is 421 g/mol. The van der Waals surface area contributed by atoms with Crippen LogP contribution in [0.5, 0.6) is 0 Å². The van der Waals surface area contributed by atoms with Gasteiger partial charge in [0, 0.05) is 12.1 Å². The summed E-state index contributed by atoms with van der Waals surface area (Å²) in [5, 5.41) is 9.76. The molecule has 31 heavy (non-hydrogen) atoms. The first kappa shape index (κ1) is 20.0. The van der Waals surface area contributed by atoms with E-state index >= 15 is 0 Å². The highest BCUT2D eigenvalue weighted by Crippen LogP contribution is 2.53. The quantitative estimate of drug-likeness (QED) is 0.584. The Morgan fingerprint density at radius 3 is 2.16 bits per heavy atom. The maximum atomic E-state index is 13.4. The summed E-state index contributed by atoms with van der Waals surface area (Å²) in [6.45, 7) is 0. The van der Waals surface area contributed by atoms with Gasteiger partial charge in [-0.25, -0.2) is 8.78 Å². The zero-order valence-electron chi connectivity index (χ0n) is 17.2. The smallest absolute Gasteiger partial charge is 0.233 e. The van der Waals surface area contributed by atoms with Crippen LogP contribution in [0.1, 0.15) is 44.1 Å². The number of hydrogen-bond acceptors (Lipinski definition) is 2. The van der Waals surface area contributed by atoms with Gasteiger partial charge in [0.15, 0.2) is 0 Å². The van der Waals surface area contributed by atoms with Crippen molar-refractivity contribution < 1.29 is 18.7 Å². The molecule has 1 unspecified atom stereocenters. The van der Waals surface area contributed by atoms with E-state index in [0.717, 1.165) is 36.8 Å². The van der Waals surface area contributed by atoms with Gasteiger partial charge >= 0.3 is 0 Å². The Bertz CT molecular complexity index is 1050. The van der Waals surface area contributed by atoms with E-state index in [1.54, 1.807) is 23.1 Å². The molecule has 0 bridgehead atoms. The third-order valence-corrected chi connectivity index (χ3v) is 7.10. The Morgan fingerprint density at radius 1 is 0.935 bits per heavy atom. The Morgan fingerprint density at radius 2 is 1.58 bits per heavy atom. The maximum absolute atomic E-state index is 13.4. The number of halogens is 2. The minimum atomic E-state index is -0.329. The van der Waals surface area contributed by atoms with Crippen molar-refractivity contribution in [3.8, 4) is 0 Å². The number of benzene rings is 2. The predicted molar refractivity (Wildman–Crippen MR) is 116 cm³/mol. The first-order valence-corrected chi connectivity index (χ1v) is 10.9. The van der Waals surface area contributed by atoms with Crippen LogP contribution in [0.2, 0.25) is 0 Å². The fourth-order valence-electron chi connectivity index (χ4n) is 5.10. The lowest BCUT2D eigenvalue weighted by Gasteiger charge is -2.49. The summed E-state index contributed by atoms with van der Waals surface area (Å²) in [6.07, 6.45) is 8.67. The van der Waals surface area contributed by atoms with Gasteiger partial charge in [-0.1, -0.05) is 18.2 Å². The fourth-order valence-corrected chi connectivity index (χ4v) is 5.10. The number of aliphatic hydroxyl groups is 1. The van der Waals surface area contributed by atoms with E-state index in [1.807, 2.05) is 18.2 Å². The van der Waals surface area contributed by atoms with Crippen molar-refractivity contribution in [2.45, 2.75) is 50.0 Å². The lowest BCUT2D eigenvalue weighted by Crippen LogP contribution is -2.62. The van der Waals surface area contributed by atoms with E-state index in [9.17, 15) is 18.7 Å². The third kappa shape index (κ3) is 3.67. The second-order valence-corrected chi connectivity index (χ2v) is 8.96. The summed E-state index contributed by atoms with van der Waals surface area (Å²) < 4.78 is 26.7. The van der Waals surface area contributed by atoms with E-state index in [-0.39, 0.29) is 34.9 Å². The van der Waals surface area contributed by atoms with Gasteiger partial charge in [-0.05, 0) is 91.1 Å². The summed E-state index contributed by atoms with van der Waals surface area (Å²) >= 11 is 0. The zero-order valence-corrected chi connectivity index (χ0v) is 17.2. The van der Waals surface area contributed by atoms with Crippen LogP contribution in [0.3, 0.4) is 0 Å². The van der Waals surface area contributed by atoms with Gasteiger partial charge in [0.1, 0.15) is 11.6 Å². The van der Waals surface area contributed by atoms with Crippen molar-refractivity contribution in [3.05, 3.63) is 89.2 Å². The van der Waals surface area contributed by atoms with Crippen molar-refractivity contribution in [2.24, 2.45) is 5.92 Å². The van der Waals surface area contributed by atoms with Crippen molar-refractivity contribution in [3.63, 3.8) is 0 Å². The van der Waals surface area contributed by atoms with Crippen LogP contribution in [-0.4, -0.2) is 17.1 Å². The van der Waals surface area contributed by atoms with Crippen LogP contribution in [0.25, 0.3) is 0 Å². The highest BCUT2D eigenvalue weighted by atomic mass is 19.1. The molecule has 0 radical (unpaired) electrons. The molecule has 1 amide bonds. The van der Waals surface area contributed by atoms with E-state index in [2.05, 4.69) is 0 Å². The molecule has 2 fully saturated rings. The van der Waals surface area contributed by atoms with Crippen molar-refractivity contribution in [2.75, 3.05) is 4.90 Å². The topological polar surface area (TPSA) is 40.5 Å². The molecule has 5 rings (SSSR count). The molecule has 160 valence electrons. The standard InChI is InChI=1S/C26H25F2NO2/c27-19-5-3-18(4-6-19)26(15-16-26)14-13-23-24(17-1-11-22(30)12-2-17)29(25(23)31)21-9-7-20(28)8-10-21/h1,3-11,23-24,30H,2,12-16H2/t23-,24?/m1/s1. The molecule has 0 aromatic heterocycles. The normalized spacial score (nSPS) is 24.3. The first-order chi connectivity index (χ1) is 15.0. The summed E-state index contributed by atoms with van der Waals surface area (Å²) in [7, 11) is 0. The van der Waals surface area contributed by atoms with Gasteiger partial charge < -0.3 is 10.0 Å². The molecule has 5 heteroatoms. The van der Waals surface area contributed by atoms with Gasteiger partial charge in [0.25, 0.3) is 0 Å². The molecule has 2 atom stereocenters. The predicted octanol–water partition coefficient (Wildman–Crippen LogP) is 5.97. The van der Waals surface area contributed by atoms with Crippen LogP contribution in [-0.2, 0) is 10.2 Å². The van der Waals surface area contributed by atoms with Crippen LogP contribution < -0.4 is 4.90 Å². The Balaban J connectivity index is 1.37. The molecular formula is C26H25F2NO2. The van der Waals surface area contributed by atoms with Crippen molar-refractivity contribution in [1.29, 1.82) is 0 Å². The van der Waals surface area contributed by atoms with Gasteiger partial charge in [-0.2, -0.15) is 0 Å². The van der Waals surface area contributed by atoms with E-state index in [4.69, 9.17) is 0 Å². The molecule has 1 heterocycles. The number of carbonyl (C=O) groups excluding carboxylic acids is 1. The Kier molecular flexibility index (Phi) is 4.92. The van der Waals surface area contributed by atoms with Crippen molar-refractivity contribution >= 4 is 11.6 Å². The number of anilines is 1. The van der Waals surface area contributed by atoms with Crippen LogP contribution in [0.15, 0.2) is 72.0 Å². The highest BCUT2D eigenvalue weighted by Gasteiger charge is 2.52. The number of nitrogens with zero attached hydrogens (tertiary/aromatic N) is 1. The molecule has 1 saturated carbocycles. The third-order valence-electron chi connectivity index (χ3n) is 7.10. The molecule has 2 aliphatic carbocycles. The van der Waals surface area contributed by atoms with Gasteiger partial charge in [0.05, 0.1) is 17.7 Å². The van der Waals surface area contributed by atoms with E-state index < -0.39 is 0 Å². The van der Waals surface area contributed by atoms with E-state index in [0.29, 0.717) is 24.3 Å². The Hall–Kier alpha value is -2.95. The van der Waals surface area contributed by atoms with Gasteiger partial charge in [-0.15, -0.1) is 0 Å². The molecule has 2 aromatic carbocycles. The molecule has 3 nitrogen and oxygen atoms in total. The molecular weight excluding hydrogens is 396 g/mol. The largest absolute Gasteiger partial charge is 0.512 e. The minimum absolute atomic E-state index is 0.0495. The average Bonchev–Trinajstić information content (AvgIpc) is 3.56. The number of carbonyl (C=O) groups is 1. The highest BCUT2D eigenvalue weighted by molar-refractivity contribution is 6.04. The molecule has 2 aromatic rings. The van der Waals surface area contributed by atoms with Crippen LogP contribution in [0, 0.1) is 17.6 Å². The van der Waals surface area contributed by atoms with Crippen molar-refractivity contribution in [1.82, 2.24) is 0 Å². The average molecular weight is 421 g/mol. The minimum Gasteiger partial charge on any atom is -0.512 e. The number of allylic oxidation sites excluding steroid dienone is 3. The van der Waals surface area contributed by atoms with Crippen LogP contribution in [0.4, 0.5) is 14.5 Å². The lowest BCUT2D eigenvalue weighted by atomic mass is 9.74. The van der Waals surface area contributed by atoms with Crippen LogP contribution >= 0.6 is 0 Å². The second-order valence-electron chi connectivity index (χ2n) is 8.96. The summed E-state index contributed by atoms with van der Waals surface area (Å²) in [4.78, 5) is 14.9.